The van der Waals surface area contributed by atoms with E-state index in [1.54, 1.807) is 12.3 Å². The standard InChI is InChI=1S/C20H26N6O2/c1-2-24-8-6-15(13-24)20(28)25-9-10-26-17(14-25)11-18(23-26)19(27)22-12-16-5-3-4-7-21-16/h3-5,7,11,15H,2,6,8-10,12-14H2,1H3,(H,22,27)/t15-/m0/s1. The van der Waals surface area contributed by atoms with Gasteiger partial charge >= 0.3 is 0 Å². The van der Waals surface area contributed by atoms with E-state index in [9.17, 15) is 9.59 Å². The molecule has 8 heteroatoms. The molecule has 0 aliphatic carbocycles. The highest BCUT2D eigenvalue weighted by atomic mass is 16.2. The van der Waals surface area contributed by atoms with Crippen molar-refractivity contribution in [3.63, 3.8) is 0 Å². The highest BCUT2D eigenvalue weighted by molar-refractivity contribution is 5.92. The van der Waals surface area contributed by atoms with Crippen LogP contribution >= 0.6 is 0 Å². The first kappa shape index (κ1) is 18.6. The van der Waals surface area contributed by atoms with Crippen molar-refractivity contribution in [2.75, 3.05) is 26.2 Å². The van der Waals surface area contributed by atoms with Crippen LogP contribution in [0.3, 0.4) is 0 Å². The fraction of sp³-hybridized carbons (Fsp3) is 0.500. The van der Waals surface area contributed by atoms with Crippen molar-refractivity contribution in [3.8, 4) is 0 Å². The molecule has 4 heterocycles. The summed E-state index contributed by atoms with van der Waals surface area (Å²) in [7, 11) is 0. The second-order valence-corrected chi connectivity index (χ2v) is 7.39. The van der Waals surface area contributed by atoms with Gasteiger partial charge in [-0.05, 0) is 37.7 Å². The highest BCUT2D eigenvalue weighted by Crippen LogP contribution is 2.22. The minimum absolute atomic E-state index is 0.0931. The lowest BCUT2D eigenvalue weighted by molar-refractivity contribution is -0.136. The lowest BCUT2D eigenvalue weighted by Gasteiger charge is -2.29. The predicted octanol–water partition coefficient (Wildman–Crippen LogP) is 0.892. The van der Waals surface area contributed by atoms with Crippen molar-refractivity contribution in [1.82, 2.24) is 29.9 Å². The summed E-state index contributed by atoms with van der Waals surface area (Å²) in [6, 6.07) is 7.39. The molecule has 2 aromatic heterocycles. The quantitative estimate of drug-likeness (QED) is 0.830. The van der Waals surface area contributed by atoms with Crippen molar-refractivity contribution in [2.45, 2.75) is 33.0 Å². The number of likely N-dealkylation sites (tertiary alicyclic amines) is 1. The van der Waals surface area contributed by atoms with Crippen molar-refractivity contribution in [2.24, 2.45) is 5.92 Å². The Morgan fingerprint density at radius 2 is 2.14 bits per heavy atom. The summed E-state index contributed by atoms with van der Waals surface area (Å²) in [5.74, 6) is 0.0972. The zero-order valence-electron chi connectivity index (χ0n) is 16.2. The molecule has 148 valence electrons. The van der Waals surface area contributed by atoms with Gasteiger partial charge < -0.3 is 15.1 Å². The smallest absolute Gasteiger partial charge is 0.272 e. The maximum Gasteiger partial charge on any atom is 0.272 e. The van der Waals surface area contributed by atoms with Gasteiger partial charge in [0, 0.05) is 19.3 Å². The number of carbonyl (C=O) groups is 2. The second-order valence-electron chi connectivity index (χ2n) is 7.39. The van der Waals surface area contributed by atoms with E-state index in [0.29, 0.717) is 31.9 Å². The molecule has 1 atom stereocenters. The van der Waals surface area contributed by atoms with E-state index in [1.165, 1.54) is 0 Å². The number of amides is 2. The van der Waals surface area contributed by atoms with E-state index in [2.05, 4.69) is 27.2 Å². The van der Waals surface area contributed by atoms with Crippen LogP contribution in [0.1, 0.15) is 35.2 Å². The van der Waals surface area contributed by atoms with Crippen LogP contribution in [0.2, 0.25) is 0 Å². The fourth-order valence-corrected chi connectivity index (χ4v) is 3.91. The van der Waals surface area contributed by atoms with Crippen LogP contribution in [-0.4, -0.2) is 62.6 Å². The Kier molecular flexibility index (Phi) is 5.38. The molecule has 0 radical (unpaired) electrons. The first-order valence-corrected chi connectivity index (χ1v) is 9.90. The van der Waals surface area contributed by atoms with Gasteiger partial charge in [0.05, 0.1) is 36.9 Å². The summed E-state index contributed by atoms with van der Waals surface area (Å²) in [6.07, 6.45) is 2.64. The molecule has 8 nitrogen and oxygen atoms in total. The van der Waals surface area contributed by atoms with Crippen LogP contribution in [-0.2, 0) is 24.4 Å². The topological polar surface area (TPSA) is 83.4 Å². The van der Waals surface area contributed by atoms with E-state index in [0.717, 1.165) is 37.4 Å². The number of hydrogen-bond acceptors (Lipinski definition) is 5. The first-order valence-electron chi connectivity index (χ1n) is 9.90. The van der Waals surface area contributed by atoms with E-state index in [4.69, 9.17) is 0 Å². The maximum absolute atomic E-state index is 12.9. The molecule has 0 unspecified atom stereocenters. The molecule has 2 aliphatic heterocycles. The van der Waals surface area contributed by atoms with E-state index in [1.807, 2.05) is 27.8 Å². The van der Waals surface area contributed by atoms with Crippen molar-refractivity contribution >= 4 is 11.8 Å². The van der Waals surface area contributed by atoms with Gasteiger partial charge in [-0.1, -0.05) is 13.0 Å². The van der Waals surface area contributed by atoms with Gasteiger partial charge in [-0.25, -0.2) is 0 Å². The minimum Gasteiger partial charge on any atom is -0.345 e. The number of carbonyl (C=O) groups excluding carboxylic acids is 2. The lowest BCUT2D eigenvalue weighted by atomic mass is 10.1. The summed E-state index contributed by atoms with van der Waals surface area (Å²) >= 11 is 0. The minimum atomic E-state index is -0.222. The lowest BCUT2D eigenvalue weighted by Crippen LogP contribution is -2.42. The summed E-state index contributed by atoms with van der Waals surface area (Å²) in [6.45, 7) is 7.12. The van der Waals surface area contributed by atoms with E-state index < -0.39 is 0 Å². The third-order valence-corrected chi connectivity index (χ3v) is 5.57. The molecule has 2 aromatic rings. The Balaban J connectivity index is 1.36. The average Bonchev–Trinajstić information content (AvgIpc) is 3.38. The van der Waals surface area contributed by atoms with Crippen LogP contribution in [0.15, 0.2) is 30.5 Å². The molecule has 28 heavy (non-hydrogen) atoms. The molecule has 1 N–H and O–H groups in total. The first-order chi connectivity index (χ1) is 13.6. The zero-order valence-corrected chi connectivity index (χ0v) is 16.2. The molecule has 0 bridgehead atoms. The summed E-state index contributed by atoms with van der Waals surface area (Å²) in [5, 5.41) is 7.27. The molecular formula is C20H26N6O2. The third-order valence-electron chi connectivity index (χ3n) is 5.57. The SMILES string of the molecule is CCN1CC[C@H](C(=O)N2CCn3nc(C(=O)NCc4ccccn4)cc3C2)C1. The van der Waals surface area contributed by atoms with Crippen LogP contribution in [0.4, 0.5) is 0 Å². The second kappa shape index (κ2) is 8.10. The normalized spacial score (nSPS) is 19.5. The van der Waals surface area contributed by atoms with E-state index in [-0.39, 0.29) is 17.7 Å². The number of rotatable bonds is 5. The Hall–Kier alpha value is -2.74. The Morgan fingerprint density at radius 1 is 1.25 bits per heavy atom. The van der Waals surface area contributed by atoms with Gasteiger partial charge in [-0.3, -0.25) is 19.3 Å². The monoisotopic (exact) mass is 382 g/mol. The molecule has 2 aliphatic rings. The van der Waals surface area contributed by atoms with Crippen molar-refractivity contribution < 1.29 is 9.59 Å². The van der Waals surface area contributed by atoms with Gasteiger partial charge in [0.25, 0.3) is 5.91 Å². The van der Waals surface area contributed by atoms with Gasteiger partial charge in [0.1, 0.15) is 0 Å². The van der Waals surface area contributed by atoms with Gasteiger partial charge in [-0.15, -0.1) is 0 Å². The number of nitrogens with one attached hydrogen (secondary N) is 1. The van der Waals surface area contributed by atoms with Crippen LogP contribution in [0.25, 0.3) is 0 Å². The number of pyridine rings is 1. The van der Waals surface area contributed by atoms with Gasteiger partial charge in [-0.2, -0.15) is 5.10 Å². The van der Waals surface area contributed by atoms with Crippen LogP contribution in [0, 0.1) is 5.92 Å². The fourth-order valence-electron chi connectivity index (χ4n) is 3.91. The molecule has 2 amide bonds. The van der Waals surface area contributed by atoms with Gasteiger partial charge in [0.2, 0.25) is 5.91 Å². The number of hydrogen-bond donors (Lipinski definition) is 1. The molecule has 1 fully saturated rings. The molecular weight excluding hydrogens is 356 g/mol. The van der Waals surface area contributed by atoms with Gasteiger partial charge in [0.15, 0.2) is 5.69 Å². The summed E-state index contributed by atoms with van der Waals surface area (Å²) < 4.78 is 1.84. The average molecular weight is 382 g/mol. The number of nitrogens with zero attached hydrogens (tertiary/aromatic N) is 5. The largest absolute Gasteiger partial charge is 0.345 e. The Morgan fingerprint density at radius 3 is 2.89 bits per heavy atom. The molecule has 1 saturated heterocycles. The highest BCUT2D eigenvalue weighted by Gasteiger charge is 2.32. The number of fused-ring (bicyclic) bond motifs is 1. The molecule has 4 rings (SSSR count). The van der Waals surface area contributed by atoms with Crippen molar-refractivity contribution in [3.05, 3.63) is 47.5 Å². The maximum atomic E-state index is 12.9. The van der Waals surface area contributed by atoms with Crippen LogP contribution in [0.5, 0.6) is 0 Å². The zero-order chi connectivity index (χ0) is 19.5. The Labute approximate surface area is 164 Å². The van der Waals surface area contributed by atoms with Crippen LogP contribution < -0.4 is 5.32 Å². The Bertz CT molecular complexity index is 850. The molecule has 0 spiro atoms. The number of aromatic nitrogens is 3. The summed E-state index contributed by atoms with van der Waals surface area (Å²) in [4.78, 5) is 33.7. The van der Waals surface area contributed by atoms with E-state index >= 15 is 0 Å². The molecule has 0 aromatic carbocycles. The third kappa shape index (κ3) is 3.91. The molecule has 0 saturated carbocycles. The van der Waals surface area contributed by atoms with Crippen molar-refractivity contribution in [1.29, 1.82) is 0 Å². The summed E-state index contributed by atoms with van der Waals surface area (Å²) in [5.41, 5.74) is 2.10. The predicted molar refractivity (Wildman–Crippen MR) is 103 cm³/mol.